The maximum atomic E-state index is 10.2. The molecule has 1 heterocycles. The largest absolute Gasteiger partial charge is 0.303 e. The Labute approximate surface area is 57.9 Å². The van der Waals surface area contributed by atoms with Gasteiger partial charge in [0.25, 0.3) is 0 Å². The van der Waals surface area contributed by atoms with Crippen LogP contribution in [-0.2, 0) is 4.79 Å². The van der Waals surface area contributed by atoms with Crippen LogP contribution in [0.25, 0.3) is 0 Å². The fourth-order valence-electron chi connectivity index (χ4n) is 1.06. The summed E-state index contributed by atoms with van der Waals surface area (Å²) in [4.78, 5) is 10.2. The molecular formula is C6H12NOP. The maximum absolute atomic E-state index is 10.2. The van der Waals surface area contributed by atoms with E-state index < -0.39 is 0 Å². The molecular weight excluding hydrogens is 133 g/mol. The molecule has 0 amide bonds. The zero-order chi connectivity index (χ0) is 6.69. The van der Waals surface area contributed by atoms with Gasteiger partial charge in [0, 0.05) is 19.0 Å². The second-order valence-electron chi connectivity index (χ2n) is 2.51. The van der Waals surface area contributed by atoms with Gasteiger partial charge in [-0.05, 0) is 12.8 Å². The number of rotatable bonds is 1. The standard InChI is InChI=1S/C6H12NOP/c8-5-6-1-3-7(9)4-2-6/h5-6H,1-4,9H2. The number of carbonyl (C=O) groups is 1. The number of piperidine rings is 1. The molecule has 0 aromatic rings. The van der Waals surface area contributed by atoms with Gasteiger partial charge in [0.05, 0.1) is 0 Å². The molecule has 1 rings (SSSR count). The van der Waals surface area contributed by atoms with Crippen molar-refractivity contribution in [1.82, 2.24) is 4.67 Å². The summed E-state index contributed by atoms with van der Waals surface area (Å²) in [6.07, 6.45) is 3.15. The lowest BCUT2D eigenvalue weighted by molar-refractivity contribution is -0.112. The first-order valence-electron chi connectivity index (χ1n) is 3.28. The molecule has 1 unspecified atom stereocenters. The van der Waals surface area contributed by atoms with Crippen LogP contribution in [0.15, 0.2) is 0 Å². The molecule has 3 heteroatoms. The average molecular weight is 145 g/mol. The van der Waals surface area contributed by atoms with Crippen LogP contribution in [0.4, 0.5) is 0 Å². The lowest BCUT2D eigenvalue weighted by Crippen LogP contribution is -2.26. The van der Waals surface area contributed by atoms with E-state index in [0.717, 1.165) is 32.2 Å². The molecule has 1 aliphatic heterocycles. The van der Waals surface area contributed by atoms with Crippen molar-refractivity contribution in [2.75, 3.05) is 13.1 Å². The van der Waals surface area contributed by atoms with Crippen LogP contribution in [0, 0.1) is 5.92 Å². The summed E-state index contributed by atoms with van der Waals surface area (Å²) in [7, 11) is 2.66. The molecule has 0 aromatic carbocycles. The van der Waals surface area contributed by atoms with Crippen LogP contribution in [0.3, 0.4) is 0 Å². The van der Waals surface area contributed by atoms with Crippen LogP contribution in [0.2, 0.25) is 0 Å². The third kappa shape index (κ3) is 2.04. The first-order chi connectivity index (χ1) is 4.33. The van der Waals surface area contributed by atoms with Crippen LogP contribution >= 0.6 is 9.39 Å². The van der Waals surface area contributed by atoms with Gasteiger partial charge in [-0.3, -0.25) is 4.67 Å². The van der Waals surface area contributed by atoms with Gasteiger partial charge in [0.15, 0.2) is 0 Å². The average Bonchev–Trinajstić information content (AvgIpc) is 1.90. The quantitative estimate of drug-likeness (QED) is 0.399. The molecule has 1 aliphatic rings. The summed E-state index contributed by atoms with van der Waals surface area (Å²) < 4.78 is 2.18. The van der Waals surface area contributed by atoms with Gasteiger partial charge in [-0.2, -0.15) is 0 Å². The highest BCUT2D eigenvalue weighted by Gasteiger charge is 2.14. The van der Waals surface area contributed by atoms with E-state index in [4.69, 9.17) is 0 Å². The summed E-state index contributed by atoms with van der Waals surface area (Å²) in [5, 5.41) is 0. The van der Waals surface area contributed by atoms with Gasteiger partial charge in [0.1, 0.15) is 6.29 Å². The van der Waals surface area contributed by atoms with Crippen molar-refractivity contribution >= 4 is 15.7 Å². The monoisotopic (exact) mass is 145 g/mol. The Morgan fingerprint density at radius 1 is 1.44 bits per heavy atom. The Morgan fingerprint density at radius 2 is 2.00 bits per heavy atom. The van der Waals surface area contributed by atoms with Gasteiger partial charge in [0.2, 0.25) is 0 Å². The van der Waals surface area contributed by atoms with Crippen molar-refractivity contribution < 1.29 is 4.79 Å². The van der Waals surface area contributed by atoms with E-state index in [2.05, 4.69) is 14.1 Å². The summed E-state index contributed by atoms with van der Waals surface area (Å²) in [6.45, 7) is 2.10. The molecule has 1 atom stereocenters. The minimum absolute atomic E-state index is 0.335. The van der Waals surface area contributed by atoms with Gasteiger partial charge in [-0.15, -0.1) is 0 Å². The predicted octanol–water partition coefficient (Wildman–Crippen LogP) is 0.687. The molecule has 0 saturated carbocycles. The van der Waals surface area contributed by atoms with Crippen molar-refractivity contribution in [2.24, 2.45) is 5.92 Å². The molecule has 0 radical (unpaired) electrons. The van der Waals surface area contributed by atoms with Crippen molar-refractivity contribution in [3.8, 4) is 0 Å². The van der Waals surface area contributed by atoms with Gasteiger partial charge >= 0.3 is 0 Å². The Morgan fingerprint density at radius 3 is 2.44 bits per heavy atom. The van der Waals surface area contributed by atoms with Gasteiger partial charge < -0.3 is 4.79 Å². The van der Waals surface area contributed by atoms with Gasteiger partial charge in [-0.25, -0.2) is 0 Å². The van der Waals surface area contributed by atoms with Gasteiger partial charge in [-0.1, -0.05) is 9.39 Å². The maximum Gasteiger partial charge on any atom is 0.123 e. The van der Waals surface area contributed by atoms with Crippen LogP contribution in [0.5, 0.6) is 0 Å². The number of hydrogen-bond donors (Lipinski definition) is 0. The molecule has 1 saturated heterocycles. The van der Waals surface area contributed by atoms with E-state index in [9.17, 15) is 4.79 Å². The first kappa shape index (κ1) is 7.17. The predicted molar refractivity (Wildman–Crippen MR) is 40.1 cm³/mol. The van der Waals surface area contributed by atoms with Crippen LogP contribution in [0.1, 0.15) is 12.8 Å². The van der Waals surface area contributed by atoms with E-state index in [1.54, 1.807) is 0 Å². The minimum atomic E-state index is 0.335. The summed E-state index contributed by atoms with van der Waals surface area (Å²) in [6, 6.07) is 0. The fraction of sp³-hybridized carbons (Fsp3) is 0.833. The second kappa shape index (κ2) is 3.28. The molecule has 2 nitrogen and oxygen atoms in total. The third-order valence-electron chi connectivity index (χ3n) is 1.77. The zero-order valence-electron chi connectivity index (χ0n) is 5.42. The lowest BCUT2D eigenvalue weighted by Gasteiger charge is -2.24. The summed E-state index contributed by atoms with van der Waals surface area (Å²) in [5.41, 5.74) is 0. The number of nitrogens with zero attached hydrogens (tertiary/aromatic N) is 1. The second-order valence-corrected chi connectivity index (χ2v) is 3.24. The molecule has 0 aliphatic carbocycles. The molecule has 0 bridgehead atoms. The first-order valence-corrected chi connectivity index (χ1v) is 3.79. The van der Waals surface area contributed by atoms with Crippen LogP contribution in [-0.4, -0.2) is 24.0 Å². The zero-order valence-corrected chi connectivity index (χ0v) is 6.57. The SMILES string of the molecule is O=CC1CCN(P)CC1. The highest BCUT2D eigenvalue weighted by Crippen LogP contribution is 2.16. The van der Waals surface area contributed by atoms with Crippen molar-refractivity contribution in [3.63, 3.8) is 0 Å². The number of aldehydes is 1. The third-order valence-corrected chi connectivity index (χ3v) is 2.28. The van der Waals surface area contributed by atoms with Crippen LogP contribution < -0.4 is 0 Å². The van der Waals surface area contributed by atoms with Crippen molar-refractivity contribution in [2.45, 2.75) is 12.8 Å². The Kier molecular flexibility index (Phi) is 2.62. The smallest absolute Gasteiger partial charge is 0.123 e. The molecule has 0 N–H and O–H groups in total. The number of carbonyl (C=O) groups excluding carboxylic acids is 1. The highest BCUT2D eigenvalue weighted by atomic mass is 31.0. The Balaban J connectivity index is 2.26. The number of hydrogen-bond acceptors (Lipinski definition) is 2. The van der Waals surface area contributed by atoms with Crippen molar-refractivity contribution in [3.05, 3.63) is 0 Å². The molecule has 9 heavy (non-hydrogen) atoms. The summed E-state index contributed by atoms with van der Waals surface area (Å²) >= 11 is 0. The van der Waals surface area contributed by atoms with E-state index in [-0.39, 0.29) is 0 Å². The normalized spacial score (nSPS) is 24.1. The Hall–Kier alpha value is 0.0600. The minimum Gasteiger partial charge on any atom is -0.303 e. The van der Waals surface area contributed by atoms with E-state index in [0.29, 0.717) is 5.92 Å². The van der Waals surface area contributed by atoms with Crippen molar-refractivity contribution in [1.29, 1.82) is 0 Å². The van der Waals surface area contributed by atoms with E-state index in [1.165, 1.54) is 0 Å². The molecule has 1 fully saturated rings. The molecule has 52 valence electrons. The van der Waals surface area contributed by atoms with E-state index in [1.807, 2.05) is 0 Å². The molecule has 0 spiro atoms. The Bertz CT molecular complexity index is 99.2. The summed E-state index contributed by atoms with van der Waals surface area (Å²) in [5.74, 6) is 0.335. The molecule has 0 aromatic heterocycles. The topological polar surface area (TPSA) is 20.3 Å². The fourth-order valence-corrected chi connectivity index (χ4v) is 1.35. The lowest BCUT2D eigenvalue weighted by atomic mass is 10.0. The highest BCUT2D eigenvalue weighted by molar-refractivity contribution is 7.13. The van der Waals surface area contributed by atoms with E-state index >= 15 is 0 Å².